The predicted octanol–water partition coefficient (Wildman–Crippen LogP) is 3.39. The molecule has 10 heteroatoms. The quantitative estimate of drug-likeness (QED) is 0.618. The maximum Gasteiger partial charge on any atom is 0.420 e. The van der Waals surface area contributed by atoms with Crippen molar-refractivity contribution in [3.63, 3.8) is 0 Å². The van der Waals surface area contributed by atoms with E-state index in [2.05, 4.69) is 27.2 Å². The maximum absolute atomic E-state index is 12.5. The van der Waals surface area contributed by atoms with Gasteiger partial charge in [-0.1, -0.05) is 6.07 Å². The number of fused-ring (bicyclic) bond motifs is 1. The Hall–Kier alpha value is -2.01. The Morgan fingerprint density at radius 2 is 1.94 bits per heavy atom. The van der Waals surface area contributed by atoms with Crippen LogP contribution in [0.2, 0.25) is 0 Å². The van der Waals surface area contributed by atoms with Gasteiger partial charge in [-0.25, -0.2) is 27.5 Å². The van der Waals surface area contributed by atoms with Gasteiger partial charge in [0, 0.05) is 18.5 Å². The van der Waals surface area contributed by atoms with E-state index in [0.717, 1.165) is 56.2 Å². The smallest absolute Gasteiger partial charge is 0.420 e. The average molecular weight is 507 g/mol. The summed E-state index contributed by atoms with van der Waals surface area (Å²) in [5, 5.41) is 3.35. The number of hydrogen-bond donors (Lipinski definition) is 2. The summed E-state index contributed by atoms with van der Waals surface area (Å²) in [4.78, 5) is 16.9. The largest absolute Gasteiger partial charge is 0.443 e. The van der Waals surface area contributed by atoms with Gasteiger partial charge < -0.3 is 14.8 Å². The molecule has 1 saturated heterocycles. The van der Waals surface area contributed by atoms with Gasteiger partial charge >= 0.3 is 6.09 Å². The van der Waals surface area contributed by atoms with Gasteiger partial charge in [-0.15, -0.1) is 0 Å². The fraction of sp³-hybridized carbons (Fsp3) is 0.680. The van der Waals surface area contributed by atoms with E-state index in [1.807, 2.05) is 26.8 Å². The van der Waals surface area contributed by atoms with Crippen LogP contribution in [-0.4, -0.2) is 67.8 Å². The molecular weight excluding hydrogens is 468 g/mol. The van der Waals surface area contributed by atoms with Crippen molar-refractivity contribution < 1.29 is 22.7 Å². The van der Waals surface area contributed by atoms with E-state index < -0.39 is 21.7 Å². The fourth-order valence-electron chi connectivity index (χ4n) is 5.09. The van der Waals surface area contributed by atoms with Crippen LogP contribution in [0.3, 0.4) is 0 Å². The molecule has 2 heterocycles. The number of aromatic nitrogens is 2. The van der Waals surface area contributed by atoms with Crippen LogP contribution in [-0.2, 0) is 19.5 Å². The minimum Gasteiger partial charge on any atom is -0.443 e. The molecule has 1 aliphatic heterocycles. The van der Waals surface area contributed by atoms with Gasteiger partial charge in [-0.2, -0.15) is 0 Å². The van der Waals surface area contributed by atoms with Crippen LogP contribution in [0.4, 0.5) is 4.79 Å². The molecule has 2 aromatic rings. The summed E-state index contributed by atoms with van der Waals surface area (Å²) in [5.41, 5.74) is 2.21. The number of nitrogens with one attached hydrogen (secondary N) is 2. The molecule has 1 aromatic carbocycles. The lowest BCUT2D eigenvalue weighted by molar-refractivity contribution is -0.00402. The van der Waals surface area contributed by atoms with E-state index in [-0.39, 0.29) is 18.1 Å². The minimum atomic E-state index is -3.23. The number of ether oxygens (including phenoxy) is 2. The number of piperidine rings is 1. The van der Waals surface area contributed by atoms with Crippen molar-refractivity contribution in [2.24, 2.45) is 5.92 Å². The molecule has 1 aliphatic carbocycles. The fourth-order valence-corrected chi connectivity index (χ4v) is 5.95. The zero-order chi connectivity index (χ0) is 25.2. The minimum absolute atomic E-state index is 0.0743. The molecule has 0 unspecified atom stereocenters. The molecule has 0 amide bonds. The highest BCUT2D eigenvalue weighted by molar-refractivity contribution is 7.88. The summed E-state index contributed by atoms with van der Waals surface area (Å²) in [6.07, 6.45) is 7.29. The Labute approximate surface area is 208 Å². The molecular formula is C25H38N4O5S. The van der Waals surface area contributed by atoms with E-state index in [0.29, 0.717) is 12.5 Å². The van der Waals surface area contributed by atoms with Gasteiger partial charge in [0.2, 0.25) is 10.0 Å². The van der Waals surface area contributed by atoms with Crippen molar-refractivity contribution in [1.29, 1.82) is 0 Å². The van der Waals surface area contributed by atoms with Crippen molar-refractivity contribution in [1.82, 2.24) is 19.6 Å². The third kappa shape index (κ3) is 7.03. The zero-order valence-electron chi connectivity index (χ0n) is 21.1. The molecule has 2 atom stereocenters. The Kier molecular flexibility index (Phi) is 7.85. The first-order valence-corrected chi connectivity index (χ1v) is 14.4. The summed E-state index contributed by atoms with van der Waals surface area (Å²) in [5.74, 6) is 0.570. The van der Waals surface area contributed by atoms with E-state index in [1.165, 1.54) is 22.7 Å². The van der Waals surface area contributed by atoms with E-state index in [9.17, 15) is 13.2 Å². The SMILES string of the molecule is CC(C)(C)OC(=O)n1cnc2cc(C3CCC(OC[C@@H]4CNCC[C@@H]4NS(C)(=O)=O)CC3)ccc21. The van der Waals surface area contributed by atoms with Crippen LogP contribution in [0.1, 0.15) is 64.4 Å². The lowest BCUT2D eigenvalue weighted by atomic mass is 9.82. The molecule has 0 bridgehead atoms. The van der Waals surface area contributed by atoms with Crippen LogP contribution < -0.4 is 10.0 Å². The number of rotatable bonds is 6. The van der Waals surface area contributed by atoms with E-state index in [4.69, 9.17) is 9.47 Å². The Balaban J connectivity index is 1.31. The third-order valence-electron chi connectivity index (χ3n) is 6.83. The van der Waals surface area contributed by atoms with Crippen molar-refractivity contribution in [3.8, 4) is 0 Å². The number of carbonyl (C=O) groups is 1. The van der Waals surface area contributed by atoms with Crippen LogP contribution in [0.15, 0.2) is 24.5 Å². The van der Waals surface area contributed by atoms with Crippen molar-refractivity contribution in [2.45, 2.75) is 76.5 Å². The summed E-state index contributed by atoms with van der Waals surface area (Å²) in [6.45, 7) is 7.68. The monoisotopic (exact) mass is 506 g/mol. The summed E-state index contributed by atoms with van der Waals surface area (Å²) in [6, 6.07) is 6.05. The maximum atomic E-state index is 12.5. The molecule has 0 radical (unpaired) electrons. The van der Waals surface area contributed by atoms with Crippen LogP contribution >= 0.6 is 0 Å². The number of sulfonamides is 1. The van der Waals surface area contributed by atoms with Gasteiger partial charge in [0.15, 0.2) is 0 Å². The molecule has 1 aromatic heterocycles. The van der Waals surface area contributed by atoms with Gasteiger partial charge in [-0.3, -0.25) is 0 Å². The van der Waals surface area contributed by atoms with Crippen LogP contribution in [0.5, 0.6) is 0 Å². The topological polar surface area (TPSA) is 112 Å². The molecule has 1 saturated carbocycles. The zero-order valence-corrected chi connectivity index (χ0v) is 21.9. The number of nitrogens with zero attached hydrogens (tertiary/aromatic N) is 2. The number of imidazole rings is 1. The number of benzene rings is 1. The highest BCUT2D eigenvalue weighted by Gasteiger charge is 2.30. The molecule has 194 valence electrons. The second kappa shape index (κ2) is 10.5. The molecule has 2 N–H and O–H groups in total. The molecule has 35 heavy (non-hydrogen) atoms. The standard InChI is InChI=1S/C25H38N4O5S/c1-25(2,3)34-24(30)29-16-27-22-13-18(7-10-23(22)29)17-5-8-20(9-6-17)33-15-19-14-26-12-11-21(19)28-35(4,31)32/h7,10,13,16-17,19-21,26,28H,5-6,8-9,11-12,14-15H2,1-4H3/t17?,19-,20?,21-/m0/s1. The third-order valence-corrected chi connectivity index (χ3v) is 7.56. The van der Waals surface area contributed by atoms with Crippen molar-refractivity contribution in [2.75, 3.05) is 26.0 Å². The molecule has 2 fully saturated rings. The first-order chi connectivity index (χ1) is 16.5. The van der Waals surface area contributed by atoms with Gasteiger partial charge in [0.05, 0.1) is 30.0 Å². The lowest BCUT2D eigenvalue weighted by Crippen LogP contribution is -2.51. The normalized spacial score (nSPS) is 26.1. The first-order valence-electron chi connectivity index (χ1n) is 12.5. The number of carbonyl (C=O) groups excluding carboxylic acids is 1. The summed E-state index contributed by atoms with van der Waals surface area (Å²) in [7, 11) is -3.23. The van der Waals surface area contributed by atoms with E-state index >= 15 is 0 Å². The summed E-state index contributed by atoms with van der Waals surface area (Å²) >= 11 is 0. The summed E-state index contributed by atoms with van der Waals surface area (Å²) < 4.78 is 39.3. The van der Waals surface area contributed by atoms with Gasteiger partial charge in [0.1, 0.15) is 11.9 Å². The molecule has 0 spiro atoms. The highest BCUT2D eigenvalue weighted by atomic mass is 32.2. The first kappa shape index (κ1) is 26.1. The Morgan fingerprint density at radius 1 is 1.20 bits per heavy atom. The molecule has 4 rings (SSSR count). The Morgan fingerprint density at radius 3 is 2.63 bits per heavy atom. The van der Waals surface area contributed by atoms with Crippen LogP contribution in [0, 0.1) is 5.92 Å². The van der Waals surface area contributed by atoms with Crippen molar-refractivity contribution >= 4 is 27.1 Å². The van der Waals surface area contributed by atoms with Crippen molar-refractivity contribution in [3.05, 3.63) is 30.1 Å². The molecule has 2 aliphatic rings. The second-order valence-electron chi connectivity index (χ2n) is 10.9. The van der Waals surface area contributed by atoms with Gasteiger partial charge in [-0.05, 0) is 83.0 Å². The predicted molar refractivity (Wildman–Crippen MR) is 135 cm³/mol. The highest BCUT2D eigenvalue weighted by Crippen LogP contribution is 2.35. The lowest BCUT2D eigenvalue weighted by Gasteiger charge is -2.34. The second-order valence-corrected chi connectivity index (χ2v) is 12.7. The average Bonchev–Trinajstić information content (AvgIpc) is 3.20. The Bertz CT molecular complexity index is 1130. The molecule has 9 nitrogen and oxygen atoms in total. The van der Waals surface area contributed by atoms with Crippen LogP contribution in [0.25, 0.3) is 11.0 Å². The van der Waals surface area contributed by atoms with Gasteiger partial charge in [0.25, 0.3) is 0 Å². The number of hydrogen-bond acceptors (Lipinski definition) is 7. The van der Waals surface area contributed by atoms with E-state index in [1.54, 1.807) is 0 Å².